The predicted molar refractivity (Wildman–Crippen MR) is 108 cm³/mol. The number of carbonyl (C=O) groups is 1. The molecule has 2 aromatic carbocycles. The summed E-state index contributed by atoms with van der Waals surface area (Å²) in [5, 5.41) is 3.05. The van der Waals surface area contributed by atoms with Crippen LogP contribution in [0.15, 0.2) is 36.4 Å². The summed E-state index contributed by atoms with van der Waals surface area (Å²) in [6, 6.07) is 10.6. The summed E-state index contributed by atoms with van der Waals surface area (Å²) in [6.07, 6.45) is 2.86. The Morgan fingerprint density at radius 1 is 1.21 bits per heavy atom. The van der Waals surface area contributed by atoms with Gasteiger partial charge in [-0.2, -0.15) is 0 Å². The summed E-state index contributed by atoms with van der Waals surface area (Å²) in [5.74, 6) is 0.427. The minimum absolute atomic E-state index is 0.0875. The maximum Gasteiger partial charge on any atom is 0.318 e. The number of hydrogen-bond donors (Lipinski definition) is 2. The number of aryl methyl sites for hydroxylation is 2. The normalized spacial score (nSPS) is 17.1. The second-order valence-corrected chi connectivity index (χ2v) is 7.64. The number of nitrogens with one attached hydrogen (secondary N) is 2. The molecule has 0 unspecified atom stereocenters. The number of benzene rings is 2. The number of H-pyrrole nitrogens is 1. The maximum absolute atomic E-state index is 13.5. The van der Waals surface area contributed by atoms with Gasteiger partial charge in [0.1, 0.15) is 11.6 Å². The number of amides is 2. The molecule has 0 radical (unpaired) electrons. The van der Waals surface area contributed by atoms with Crippen LogP contribution < -0.4 is 5.32 Å². The molecule has 1 aromatic heterocycles. The van der Waals surface area contributed by atoms with Crippen LogP contribution >= 0.6 is 0 Å². The van der Waals surface area contributed by atoms with Crippen LogP contribution in [-0.2, 0) is 6.54 Å². The van der Waals surface area contributed by atoms with Crippen molar-refractivity contribution in [3.8, 4) is 0 Å². The molecule has 0 aliphatic carbocycles. The molecule has 2 heterocycles. The number of hydrogen-bond acceptors (Lipinski definition) is 2. The Morgan fingerprint density at radius 3 is 2.79 bits per heavy atom. The third-order valence-electron chi connectivity index (χ3n) is 5.27. The molecule has 4 rings (SSSR count). The van der Waals surface area contributed by atoms with Gasteiger partial charge in [-0.15, -0.1) is 0 Å². The molecule has 5 nitrogen and oxygen atoms in total. The van der Waals surface area contributed by atoms with E-state index >= 15 is 0 Å². The molecule has 0 saturated carbocycles. The summed E-state index contributed by atoms with van der Waals surface area (Å²) in [4.78, 5) is 22.6. The average molecular weight is 380 g/mol. The summed E-state index contributed by atoms with van der Waals surface area (Å²) < 4.78 is 13.5. The molecule has 2 N–H and O–H groups in total. The van der Waals surface area contributed by atoms with E-state index in [1.54, 1.807) is 6.07 Å². The van der Waals surface area contributed by atoms with Crippen molar-refractivity contribution in [1.29, 1.82) is 0 Å². The van der Waals surface area contributed by atoms with Crippen LogP contribution in [0.2, 0.25) is 0 Å². The zero-order valence-electron chi connectivity index (χ0n) is 16.3. The Bertz CT molecular complexity index is 993. The van der Waals surface area contributed by atoms with E-state index in [1.165, 1.54) is 23.3 Å². The van der Waals surface area contributed by atoms with E-state index in [-0.39, 0.29) is 17.9 Å². The molecule has 2 amide bonds. The van der Waals surface area contributed by atoms with Crippen LogP contribution in [0.25, 0.3) is 11.0 Å². The topological polar surface area (TPSA) is 61.0 Å². The van der Waals surface area contributed by atoms with Gasteiger partial charge in [0.25, 0.3) is 0 Å². The van der Waals surface area contributed by atoms with Gasteiger partial charge in [0, 0.05) is 13.1 Å². The molecule has 0 spiro atoms. The predicted octanol–water partition coefficient (Wildman–Crippen LogP) is 4.76. The molecule has 1 saturated heterocycles. The molecule has 1 aliphatic rings. The number of fused-ring (bicyclic) bond motifs is 1. The van der Waals surface area contributed by atoms with E-state index in [9.17, 15) is 9.18 Å². The first kappa shape index (κ1) is 18.5. The highest BCUT2D eigenvalue weighted by molar-refractivity contribution is 5.77. The van der Waals surface area contributed by atoms with E-state index in [2.05, 4.69) is 47.3 Å². The van der Waals surface area contributed by atoms with Gasteiger partial charge in [-0.3, -0.25) is 0 Å². The highest BCUT2D eigenvalue weighted by atomic mass is 19.1. The van der Waals surface area contributed by atoms with Crippen LogP contribution in [0.1, 0.15) is 47.8 Å². The first-order chi connectivity index (χ1) is 13.5. The molecule has 1 aliphatic heterocycles. The van der Waals surface area contributed by atoms with Gasteiger partial charge in [-0.1, -0.05) is 29.3 Å². The minimum Gasteiger partial charge on any atom is -0.340 e. The van der Waals surface area contributed by atoms with Crippen molar-refractivity contribution in [2.75, 3.05) is 6.54 Å². The smallest absolute Gasteiger partial charge is 0.318 e. The SMILES string of the molecule is Cc1cc(C)cc(CNC(=O)N2CCCC[C@@H]2c2nc3ccc(F)cc3[nH]2)c1. The molecule has 1 atom stereocenters. The van der Waals surface area contributed by atoms with E-state index in [1.807, 2.05) is 4.90 Å². The number of urea groups is 1. The van der Waals surface area contributed by atoms with Gasteiger partial charge < -0.3 is 15.2 Å². The number of nitrogens with zero attached hydrogens (tertiary/aromatic N) is 2. The number of halogens is 1. The van der Waals surface area contributed by atoms with E-state index < -0.39 is 0 Å². The zero-order chi connectivity index (χ0) is 19.7. The Balaban J connectivity index is 1.51. The first-order valence-electron chi connectivity index (χ1n) is 9.76. The number of rotatable bonds is 3. The van der Waals surface area contributed by atoms with Gasteiger partial charge in [0.2, 0.25) is 0 Å². The number of likely N-dealkylation sites (tertiary alicyclic amines) is 1. The van der Waals surface area contributed by atoms with Crippen LogP contribution in [0.3, 0.4) is 0 Å². The number of carbonyl (C=O) groups excluding carboxylic acids is 1. The standard InChI is InChI=1S/C22H25FN4O/c1-14-9-15(2)11-16(10-14)13-24-22(28)27-8-4-3-5-20(27)21-25-18-7-6-17(23)12-19(18)26-21/h6-7,9-12,20H,3-5,8,13H2,1-2H3,(H,24,28)(H,25,26)/t20-/m1/s1. The van der Waals surface area contributed by atoms with Gasteiger partial charge in [0.05, 0.1) is 17.1 Å². The second-order valence-electron chi connectivity index (χ2n) is 7.64. The Morgan fingerprint density at radius 2 is 2.00 bits per heavy atom. The van der Waals surface area contributed by atoms with Crippen molar-refractivity contribution < 1.29 is 9.18 Å². The van der Waals surface area contributed by atoms with Crippen molar-refractivity contribution in [2.24, 2.45) is 0 Å². The van der Waals surface area contributed by atoms with Gasteiger partial charge in [-0.05, 0) is 56.9 Å². The third kappa shape index (κ3) is 3.86. The van der Waals surface area contributed by atoms with Gasteiger partial charge in [0.15, 0.2) is 0 Å². The summed E-state index contributed by atoms with van der Waals surface area (Å²) in [5.41, 5.74) is 4.86. The van der Waals surface area contributed by atoms with E-state index in [0.717, 1.165) is 36.2 Å². The lowest BCUT2D eigenvalue weighted by atomic mass is 10.0. The van der Waals surface area contributed by atoms with Crippen LogP contribution in [0, 0.1) is 19.7 Å². The van der Waals surface area contributed by atoms with E-state index in [0.29, 0.717) is 18.6 Å². The Hall–Kier alpha value is -2.89. The van der Waals surface area contributed by atoms with E-state index in [4.69, 9.17) is 0 Å². The number of piperidine rings is 1. The molecular formula is C22H25FN4O. The molecule has 1 fully saturated rings. The quantitative estimate of drug-likeness (QED) is 0.688. The largest absolute Gasteiger partial charge is 0.340 e. The molecule has 6 heteroatoms. The molecule has 28 heavy (non-hydrogen) atoms. The molecule has 146 valence electrons. The summed E-state index contributed by atoms with van der Waals surface area (Å²) in [6.45, 7) is 5.30. The summed E-state index contributed by atoms with van der Waals surface area (Å²) >= 11 is 0. The second kappa shape index (κ2) is 7.62. The average Bonchev–Trinajstić information content (AvgIpc) is 3.08. The third-order valence-corrected chi connectivity index (χ3v) is 5.27. The lowest BCUT2D eigenvalue weighted by Crippen LogP contribution is -2.44. The molecule has 0 bridgehead atoms. The Labute approximate surface area is 164 Å². The number of aromatic amines is 1. The van der Waals surface area contributed by atoms with Crippen molar-refractivity contribution in [1.82, 2.24) is 20.2 Å². The fraction of sp³-hybridized carbons (Fsp3) is 0.364. The van der Waals surface area contributed by atoms with Crippen molar-refractivity contribution in [2.45, 2.75) is 45.7 Å². The minimum atomic E-state index is -0.297. The first-order valence-corrected chi connectivity index (χ1v) is 9.76. The highest BCUT2D eigenvalue weighted by Gasteiger charge is 2.30. The highest BCUT2D eigenvalue weighted by Crippen LogP contribution is 2.30. The summed E-state index contributed by atoms with van der Waals surface area (Å²) in [7, 11) is 0. The molecular weight excluding hydrogens is 355 g/mol. The van der Waals surface area contributed by atoms with Crippen molar-refractivity contribution in [3.63, 3.8) is 0 Å². The van der Waals surface area contributed by atoms with Gasteiger partial charge >= 0.3 is 6.03 Å². The van der Waals surface area contributed by atoms with Crippen LogP contribution in [0.5, 0.6) is 0 Å². The van der Waals surface area contributed by atoms with Crippen LogP contribution in [0.4, 0.5) is 9.18 Å². The van der Waals surface area contributed by atoms with Crippen molar-refractivity contribution in [3.05, 3.63) is 64.7 Å². The maximum atomic E-state index is 13.5. The van der Waals surface area contributed by atoms with Crippen molar-refractivity contribution >= 4 is 17.1 Å². The zero-order valence-corrected chi connectivity index (χ0v) is 16.3. The number of aromatic nitrogens is 2. The molecule has 3 aromatic rings. The fourth-order valence-electron chi connectivity index (χ4n) is 4.07. The van der Waals surface area contributed by atoms with Gasteiger partial charge in [-0.25, -0.2) is 14.2 Å². The van der Waals surface area contributed by atoms with Crippen LogP contribution in [-0.4, -0.2) is 27.4 Å². The lowest BCUT2D eigenvalue weighted by Gasteiger charge is -2.34. The Kier molecular flexibility index (Phi) is 5.03. The monoisotopic (exact) mass is 380 g/mol. The fourth-order valence-corrected chi connectivity index (χ4v) is 4.07. The lowest BCUT2D eigenvalue weighted by molar-refractivity contribution is 0.147. The number of imidazole rings is 1.